The molecule has 14 heavy (non-hydrogen) atoms. The molecule has 0 radical (unpaired) electrons. The lowest BCUT2D eigenvalue weighted by atomic mass is 10.1. The molecule has 0 aliphatic carbocycles. The molecule has 0 bridgehead atoms. The van der Waals surface area contributed by atoms with Gasteiger partial charge in [-0.2, -0.15) is 0 Å². The normalized spacial score (nSPS) is 39.4. The van der Waals surface area contributed by atoms with Gasteiger partial charge >= 0.3 is 0 Å². The van der Waals surface area contributed by atoms with Crippen molar-refractivity contribution in [2.75, 3.05) is 19.6 Å². The summed E-state index contributed by atoms with van der Waals surface area (Å²) in [5, 5.41) is 3.66. The molecule has 0 spiro atoms. The highest BCUT2D eigenvalue weighted by molar-refractivity contribution is 4.82. The first-order valence-corrected chi connectivity index (χ1v) is 6.22. The largest absolute Gasteiger partial charge is 0.311 e. The molecule has 1 N–H and O–H groups in total. The predicted molar refractivity (Wildman–Crippen MR) is 60.5 cm³/mol. The van der Waals surface area contributed by atoms with E-state index in [1.807, 2.05) is 0 Å². The van der Waals surface area contributed by atoms with E-state index in [0.29, 0.717) is 0 Å². The molecular formula is C12H24N2. The SMILES string of the molecule is CC1CCN(CCC2CCC(C)N2)C1. The highest BCUT2D eigenvalue weighted by Crippen LogP contribution is 2.18. The first kappa shape index (κ1) is 10.4. The standard InChI is InChI=1S/C12H24N2/c1-10-5-7-14(9-10)8-6-12-4-3-11(2)13-12/h10-13H,3-9H2,1-2H3. The van der Waals surface area contributed by atoms with E-state index in [1.54, 1.807) is 0 Å². The van der Waals surface area contributed by atoms with E-state index < -0.39 is 0 Å². The number of rotatable bonds is 3. The molecule has 3 unspecified atom stereocenters. The van der Waals surface area contributed by atoms with Gasteiger partial charge in [0.25, 0.3) is 0 Å². The van der Waals surface area contributed by atoms with Crippen LogP contribution < -0.4 is 5.32 Å². The zero-order chi connectivity index (χ0) is 9.97. The van der Waals surface area contributed by atoms with E-state index in [4.69, 9.17) is 0 Å². The third-order valence-electron chi connectivity index (χ3n) is 3.77. The molecule has 2 heteroatoms. The maximum absolute atomic E-state index is 3.66. The summed E-state index contributed by atoms with van der Waals surface area (Å²) in [4.78, 5) is 2.63. The lowest BCUT2D eigenvalue weighted by molar-refractivity contribution is 0.305. The van der Waals surface area contributed by atoms with Gasteiger partial charge in [0.1, 0.15) is 0 Å². The van der Waals surface area contributed by atoms with Crippen molar-refractivity contribution in [2.24, 2.45) is 5.92 Å². The molecule has 2 saturated heterocycles. The van der Waals surface area contributed by atoms with Gasteiger partial charge in [0, 0.05) is 18.6 Å². The summed E-state index contributed by atoms with van der Waals surface area (Å²) >= 11 is 0. The smallest absolute Gasteiger partial charge is 0.00822 e. The van der Waals surface area contributed by atoms with E-state index in [-0.39, 0.29) is 0 Å². The Bertz CT molecular complexity index is 161. The summed E-state index contributed by atoms with van der Waals surface area (Å²) in [6, 6.07) is 1.57. The van der Waals surface area contributed by atoms with Gasteiger partial charge in [-0.25, -0.2) is 0 Å². The monoisotopic (exact) mass is 196 g/mol. The van der Waals surface area contributed by atoms with Gasteiger partial charge in [0.05, 0.1) is 0 Å². The van der Waals surface area contributed by atoms with Crippen molar-refractivity contribution >= 4 is 0 Å². The van der Waals surface area contributed by atoms with E-state index >= 15 is 0 Å². The average Bonchev–Trinajstić information content (AvgIpc) is 2.72. The predicted octanol–water partition coefficient (Wildman–Crippen LogP) is 1.86. The van der Waals surface area contributed by atoms with Gasteiger partial charge in [-0.15, -0.1) is 0 Å². The van der Waals surface area contributed by atoms with Gasteiger partial charge in [-0.05, 0) is 51.6 Å². The Balaban J connectivity index is 1.63. The van der Waals surface area contributed by atoms with Crippen LogP contribution in [0.4, 0.5) is 0 Å². The Morgan fingerprint density at radius 3 is 2.64 bits per heavy atom. The summed E-state index contributed by atoms with van der Waals surface area (Å²) in [6.07, 6.45) is 5.54. The number of likely N-dealkylation sites (tertiary alicyclic amines) is 1. The van der Waals surface area contributed by atoms with Crippen molar-refractivity contribution in [3.05, 3.63) is 0 Å². The number of nitrogens with zero attached hydrogens (tertiary/aromatic N) is 1. The molecule has 0 saturated carbocycles. The Kier molecular flexibility index (Phi) is 3.45. The summed E-state index contributed by atoms with van der Waals surface area (Å²) < 4.78 is 0. The highest BCUT2D eigenvalue weighted by Gasteiger charge is 2.23. The van der Waals surface area contributed by atoms with Crippen LogP contribution in [-0.2, 0) is 0 Å². The Labute approximate surface area is 88.1 Å². The lowest BCUT2D eigenvalue weighted by Gasteiger charge is -2.18. The van der Waals surface area contributed by atoms with Crippen molar-refractivity contribution in [3.8, 4) is 0 Å². The topological polar surface area (TPSA) is 15.3 Å². The average molecular weight is 196 g/mol. The number of nitrogens with one attached hydrogen (secondary N) is 1. The quantitative estimate of drug-likeness (QED) is 0.741. The summed E-state index contributed by atoms with van der Waals surface area (Å²) in [7, 11) is 0. The van der Waals surface area contributed by atoms with Crippen molar-refractivity contribution in [2.45, 2.75) is 51.6 Å². The summed E-state index contributed by atoms with van der Waals surface area (Å²) in [5.74, 6) is 0.936. The molecule has 2 aliphatic rings. The molecule has 2 aliphatic heterocycles. The minimum absolute atomic E-state index is 0.762. The van der Waals surface area contributed by atoms with E-state index in [2.05, 4.69) is 24.1 Å². The Hall–Kier alpha value is -0.0800. The second kappa shape index (κ2) is 4.63. The van der Waals surface area contributed by atoms with Crippen molar-refractivity contribution in [1.82, 2.24) is 10.2 Å². The molecule has 0 aromatic rings. The molecule has 2 fully saturated rings. The van der Waals surface area contributed by atoms with Crippen molar-refractivity contribution in [3.63, 3.8) is 0 Å². The van der Waals surface area contributed by atoms with E-state index in [1.165, 1.54) is 45.3 Å². The lowest BCUT2D eigenvalue weighted by Crippen LogP contribution is -2.31. The second-order valence-corrected chi connectivity index (χ2v) is 5.33. The maximum atomic E-state index is 3.66. The fraction of sp³-hybridized carbons (Fsp3) is 1.00. The third-order valence-corrected chi connectivity index (χ3v) is 3.77. The van der Waals surface area contributed by atoms with Crippen LogP contribution in [0.25, 0.3) is 0 Å². The van der Waals surface area contributed by atoms with Crippen LogP contribution in [-0.4, -0.2) is 36.6 Å². The second-order valence-electron chi connectivity index (χ2n) is 5.33. The first-order chi connectivity index (χ1) is 6.74. The molecule has 2 rings (SSSR count). The van der Waals surface area contributed by atoms with Gasteiger partial charge in [-0.3, -0.25) is 0 Å². The molecule has 82 valence electrons. The minimum atomic E-state index is 0.762. The molecule has 2 heterocycles. The molecule has 0 amide bonds. The van der Waals surface area contributed by atoms with Crippen LogP contribution in [0.3, 0.4) is 0 Å². The fourth-order valence-electron chi connectivity index (χ4n) is 2.82. The Morgan fingerprint density at radius 1 is 1.21 bits per heavy atom. The maximum Gasteiger partial charge on any atom is 0.00822 e. The summed E-state index contributed by atoms with van der Waals surface area (Å²) in [6.45, 7) is 8.66. The fourth-order valence-corrected chi connectivity index (χ4v) is 2.82. The molecule has 2 nitrogen and oxygen atoms in total. The molecule has 0 aromatic heterocycles. The van der Waals surface area contributed by atoms with Crippen molar-refractivity contribution < 1.29 is 0 Å². The van der Waals surface area contributed by atoms with Crippen LogP contribution in [0.1, 0.15) is 39.5 Å². The van der Waals surface area contributed by atoms with Crippen LogP contribution in [0.15, 0.2) is 0 Å². The minimum Gasteiger partial charge on any atom is -0.311 e. The molecular weight excluding hydrogens is 172 g/mol. The van der Waals surface area contributed by atoms with Gasteiger partial charge in [0.2, 0.25) is 0 Å². The molecule has 3 atom stereocenters. The van der Waals surface area contributed by atoms with Crippen LogP contribution >= 0.6 is 0 Å². The molecule has 0 aromatic carbocycles. The number of hydrogen-bond acceptors (Lipinski definition) is 2. The van der Waals surface area contributed by atoms with Gasteiger partial charge in [0.15, 0.2) is 0 Å². The van der Waals surface area contributed by atoms with E-state index in [0.717, 1.165) is 18.0 Å². The zero-order valence-electron chi connectivity index (χ0n) is 9.63. The first-order valence-electron chi connectivity index (χ1n) is 6.22. The zero-order valence-corrected chi connectivity index (χ0v) is 9.63. The highest BCUT2D eigenvalue weighted by atomic mass is 15.1. The number of hydrogen-bond donors (Lipinski definition) is 1. The van der Waals surface area contributed by atoms with Crippen LogP contribution in [0.2, 0.25) is 0 Å². The Morgan fingerprint density at radius 2 is 2.07 bits per heavy atom. The van der Waals surface area contributed by atoms with Gasteiger partial charge in [-0.1, -0.05) is 6.92 Å². The third kappa shape index (κ3) is 2.71. The van der Waals surface area contributed by atoms with Gasteiger partial charge < -0.3 is 10.2 Å². The summed E-state index contributed by atoms with van der Waals surface area (Å²) in [5.41, 5.74) is 0. The van der Waals surface area contributed by atoms with E-state index in [9.17, 15) is 0 Å². The van der Waals surface area contributed by atoms with Crippen LogP contribution in [0, 0.1) is 5.92 Å². The van der Waals surface area contributed by atoms with Crippen LogP contribution in [0.5, 0.6) is 0 Å². The van der Waals surface area contributed by atoms with Crippen molar-refractivity contribution in [1.29, 1.82) is 0 Å².